The Hall–Kier alpha value is -2.14. The van der Waals surface area contributed by atoms with Crippen molar-refractivity contribution in [2.75, 3.05) is 26.5 Å². The minimum atomic E-state index is 0.184. The number of fused-ring (bicyclic) bond motifs is 1. The lowest BCUT2D eigenvalue weighted by atomic mass is 9.99. The normalized spacial score (nSPS) is 13.3. The summed E-state index contributed by atoms with van der Waals surface area (Å²) in [6.45, 7) is 9.93. The first-order valence-corrected chi connectivity index (χ1v) is 10.6. The fourth-order valence-corrected chi connectivity index (χ4v) is 4.92. The van der Waals surface area contributed by atoms with E-state index in [4.69, 9.17) is 9.47 Å². The number of hydrogen-bond acceptors (Lipinski definition) is 4. The Kier molecular flexibility index (Phi) is 6.23. The highest BCUT2D eigenvalue weighted by atomic mass is 32.2. The Morgan fingerprint density at radius 1 is 0.964 bits per heavy atom. The Morgan fingerprint density at radius 2 is 1.54 bits per heavy atom. The molecule has 28 heavy (non-hydrogen) atoms. The molecule has 2 aromatic carbocycles. The van der Waals surface area contributed by atoms with Crippen molar-refractivity contribution in [2.45, 2.75) is 45.6 Å². The summed E-state index contributed by atoms with van der Waals surface area (Å²) in [4.78, 5) is 16.1. The summed E-state index contributed by atoms with van der Waals surface area (Å²) in [6.07, 6.45) is 0.841. The van der Waals surface area contributed by atoms with Crippen LogP contribution in [0.25, 0.3) is 0 Å². The van der Waals surface area contributed by atoms with E-state index in [1.165, 1.54) is 32.7 Å². The molecular formula is C23H29NO3S. The third kappa shape index (κ3) is 4.00. The van der Waals surface area contributed by atoms with E-state index in [0.29, 0.717) is 18.0 Å². The quantitative estimate of drug-likeness (QED) is 0.688. The van der Waals surface area contributed by atoms with Crippen LogP contribution < -0.4 is 9.47 Å². The van der Waals surface area contributed by atoms with E-state index in [1.54, 1.807) is 26.0 Å². The molecule has 0 radical (unpaired) electrons. The van der Waals surface area contributed by atoms with Crippen molar-refractivity contribution in [1.29, 1.82) is 0 Å². The van der Waals surface area contributed by atoms with Gasteiger partial charge < -0.3 is 14.4 Å². The van der Waals surface area contributed by atoms with Crippen molar-refractivity contribution in [2.24, 2.45) is 0 Å². The molecule has 150 valence electrons. The molecule has 0 aromatic heterocycles. The molecule has 1 aliphatic rings. The van der Waals surface area contributed by atoms with Crippen molar-refractivity contribution in [3.05, 3.63) is 51.6 Å². The number of nitrogens with zero attached hydrogens (tertiary/aromatic N) is 1. The van der Waals surface area contributed by atoms with Gasteiger partial charge in [0.15, 0.2) is 11.5 Å². The fraction of sp³-hybridized carbons (Fsp3) is 0.435. The van der Waals surface area contributed by atoms with E-state index >= 15 is 0 Å². The van der Waals surface area contributed by atoms with Crippen LogP contribution in [-0.2, 0) is 17.8 Å². The molecule has 0 aliphatic carbocycles. The molecule has 2 aromatic rings. The molecule has 1 amide bonds. The number of rotatable bonds is 5. The molecule has 0 saturated carbocycles. The van der Waals surface area contributed by atoms with E-state index in [1.807, 2.05) is 17.0 Å². The van der Waals surface area contributed by atoms with E-state index in [0.717, 1.165) is 24.3 Å². The number of amides is 1. The second-order valence-electron chi connectivity index (χ2n) is 7.42. The third-order valence-electron chi connectivity index (χ3n) is 5.71. The van der Waals surface area contributed by atoms with E-state index < -0.39 is 0 Å². The van der Waals surface area contributed by atoms with Gasteiger partial charge in [0.2, 0.25) is 5.91 Å². The average molecular weight is 400 g/mol. The van der Waals surface area contributed by atoms with Gasteiger partial charge in [-0.25, -0.2) is 0 Å². The third-order valence-corrected chi connectivity index (χ3v) is 7.00. The lowest BCUT2D eigenvalue weighted by Crippen LogP contribution is -2.37. The number of thioether (sulfide) groups is 1. The lowest BCUT2D eigenvalue weighted by molar-refractivity contribution is -0.129. The molecule has 1 aliphatic heterocycles. The molecule has 0 spiro atoms. The maximum atomic E-state index is 12.9. The SMILES string of the molecule is COc1cc2c(cc1OC)CN(C(=O)CSc1c(C)c(C)cc(C)c1C)CC2. The molecule has 0 atom stereocenters. The second kappa shape index (κ2) is 8.48. The van der Waals surface area contributed by atoms with E-state index in [9.17, 15) is 4.79 Å². The minimum absolute atomic E-state index is 0.184. The van der Waals surface area contributed by atoms with Crippen LogP contribution in [0, 0.1) is 27.7 Å². The zero-order valence-corrected chi connectivity index (χ0v) is 18.5. The Labute approximate surface area is 172 Å². The first-order chi connectivity index (χ1) is 13.3. The molecule has 5 heteroatoms. The highest BCUT2D eigenvalue weighted by Gasteiger charge is 2.23. The standard InChI is InChI=1S/C23H29NO3S/c1-14-9-15(2)17(4)23(16(14)3)28-13-22(25)24-8-7-18-10-20(26-5)21(27-6)11-19(18)12-24/h9-11H,7-8,12-13H2,1-6H3. The highest BCUT2D eigenvalue weighted by Crippen LogP contribution is 2.34. The molecule has 0 unspecified atom stereocenters. The number of benzene rings is 2. The van der Waals surface area contributed by atoms with E-state index in [-0.39, 0.29) is 5.91 Å². The molecule has 0 fully saturated rings. The Bertz CT molecular complexity index is 881. The summed E-state index contributed by atoms with van der Waals surface area (Å²) in [7, 11) is 3.29. The van der Waals surface area contributed by atoms with Gasteiger partial charge in [-0.1, -0.05) is 6.07 Å². The second-order valence-corrected chi connectivity index (χ2v) is 8.40. The highest BCUT2D eigenvalue weighted by molar-refractivity contribution is 8.00. The van der Waals surface area contributed by atoms with Gasteiger partial charge in [0.05, 0.1) is 20.0 Å². The van der Waals surface area contributed by atoms with Gasteiger partial charge in [0.25, 0.3) is 0 Å². The zero-order valence-electron chi connectivity index (χ0n) is 17.6. The van der Waals surface area contributed by atoms with Gasteiger partial charge >= 0.3 is 0 Å². The number of hydrogen-bond donors (Lipinski definition) is 0. The van der Waals surface area contributed by atoms with Crippen LogP contribution in [-0.4, -0.2) is 37.3 Å². The van der Waals surface area contributed by atoms with Gasteiger partial charge in [-0.2, -0.15) is 0 Å². The van der Waals surface area contributed by atoms with Crippen LogP contribution in [0.3, 0.4) is 0 Å². The van der Waals surface area contributed by atoms with Gasteiger partial charge in [-0.3, -0.25) is 4.79 Å². The van der Waals surface area contributed by atoms with Crippen molar-refractivity contribution in [3.63, 3.8) is 0 Å². The molecule has 3 rings (SSSR count). The fourth-order valence-electron chi connectivity index (χ4n) is 3.72. The predicted octanol–water partition coefficient (Wildman–Crippen LogP) is 4.61. The molecule has 0 bridgehead atoms. The summed E-state index contributed by atoms with van der Waals surface area (Å²) in [5, 5.41) is 0. The van der Waals surface area contributed by atoms with Crippen molar-refractivity contribution in [3.8, 4) is 11.5 Å². The molecule has 1 heterocycles. The Balaban J connectivity index is 1.72. The molecule has 4 nitrogen and oxygen atoms in total. The first kappa shape index (κ1) is 20.6. The first-order valence-electron chi connectivity index (χ1n) is 9.57. The van der Waals surface area contributed by atoms with Crippen LogP contribution in [0.1, 0.15) is 33.4 Å². The van der Waals surface area contributed by atoms with Crippen LogP contribution in [0.5, 0.6) is 11.5 Å². The molecule has 0 N–H and O–H groups in total. The minimum Gasteiger partial charge on any atom is -0.493 e. The number of ether oxygens (including phenoxy) is 2. The van der Waals surface area contributed by atoms with Gasteiger partial charge in [0.1, 0.15) is 0 Å². The molecule has 0 saturated heterocycles. The van der Waals surface area contributed by atoms with Gasteiger partial charge in [-0.05, 0) is 79.6 Å². The number of methoxy groups -OCH3 is 2. The van der Waals surface area contributed by atoms with Gasteiger partial charge in [0, 0.05) is 18.0 Å². The zero-order chi connectivity index (χ0) is 20.4. The van der Waals surface area contributed by atoms with Crippen molar-refractivity contribution >= 4 is 17.7 Å². The number of carbonyl (C=O) groups is 1. The van der Waals surface area contributed by atoms with Gasteiger partial charge in [-0.15, -0.1) is 11.8 Å². The van der Waals surface area contributed by atoms with Crippen LogP contribution in [0.2, 0.25) is 0 Å². The summed E-state index contributed by atoms with van der Waals surface area (Å²) in [5.74, 6) is 2.11. The summed E-state index contributed by atoms with van der Waals surface area (Å²) >= 11 is 1.66. The topological polar surface area (TPSA) is 38.8 Å². The average Bonchev–Trinajstić information content (AvgIpc) is 2.70. The monoisotopic (exact) mass is 399 g/mol. The number of aryl methyl sites for hydroxylation is 2. The van der Waals surface area contributed by atoms with Crippen molar-refractivity contribution in [1.82, 2.24) is 4.90 Å². The summed E-state index contributed by atoms with van der Waals surface area (Å²) in [5.41, 5.74) is 7.50. The van der Waals surface area contributed by atoms with E-state index in [2.05, 4.69) is 33.8 Å². The lowest BCUT2D eigenvalue weighted by Gasteiger charge is -2.30. The maximum Gasteiger partial charge on any atom is 0.233 e. The van der Waals surface area contributed by atoms with Crippen LogP contribution in [0.15, 0.2) is 23.1 Å². The largest absolute Gasteiger partial charge is 0.493 e. The molecular weight excluding hydrogens is 370 g/mol. The summed E-state index contributed by atoms with van der Waals surface area (Å²) < 4.78 is 10.8. The smallest absolute Gasteiger partial charge is 0.233 e. The van der Waals surface area contributed by atoms with Crippen molar-refractivity contribution < 1.29 is 14.3 Å². The number of carbonyl (C=O) groups excluding carboxylic acids is 1. The Morgan fingerprint density at radius 3 is 2.11 bits per heavy atom. The summed E-state index contributed by atoms with van der Waals surface area (Å²) in [6, 6.07) is 6.26. The maximum absolute atomic E-state index is 12.9. The van der Waals surface area contributed by atoms with Crippen LogP contribution in [0.4, 0.5) is 0 Å². The predicted molar refractivity (Wildman–Crippen MR) is 115 cm³/mol. The van der Waals surface area contributed by atoms with Crippen LogP contribution >= 0.6 is 11.8 Å².